The summed E-state index contributed by atoms with van der Waals surface area (Å²) in [5.41, 5.74) is 1.54. The Labute approximate surface area is 155 Å². The van der Waals surface area contributed by atoms with Gasteiger partial charge in [0.1, 0.15) is 10.6 Å². The first-order valence-corrected chi connectivity index (χ1v) is 9.62. The standard InChI is InChI=1S/C16H18N4O6S/c1-9(2)20-5-3-4-10-6-11(14(7-12(10)20)27(23,24)25)18-19-16-17-8-13(26-16)15(21)22/h6-9H,3-5H2,1-2H3,(H,21,22)(H,23,24,25). The fourth-order valence-corrected chi connectivity index (χ4v) is 3.58. The summed E-state index contributed by atoms with van der Waals surface area (Å²) in [6.07, 6.45) is 2.59. The van der Waals surface area contributed by atoms with Gasteiger partial charge >= 0.3 is 12.0 Å². The van der Waals surface area contributed by atoms with Gasteiger partial charge in [-0.25, -0.2) is 4.79 Å². The predicted octanol–water partition coefficient (Wildman–Crippen LogP) is 3.20. The van der Waals surface area contributed by atoms with Crippen molar-refractivity contribution in [1.82, 2.24) is 4.98 Å². The Kier molecular flexibility index (Phi) is 4.98. The van der Waals surface area contributed by atoms with E-state index in [1.54, 1.807) is 6.07 Å². The SMILES string of the molecule is CC(C)N1CCCc2cc(N=Nc3ncc(C(=O)O)o3)c(S(=O)(=O)O)cc21. The lowest BCUT2D eigenvalue weighted by atomic mass is 10.00. The van der Waals surface area contributed by atoms with Crippen molar-refractivity contribution in [2.45, 2.75) is 37.6 Å². The van der Waals surface area contributed by atoms with Crippen molar-refractivity contribution in [2.75, 3.05) is 11.4 Å². The summed E-state index contributed by atoms with van der Waals surface area (Å²) < 4.78 is 38.1. The molecule has 0 atom stereocenters. The molecule has 11 heteroatoms. The molecule has 0 saturated carbocycles. The van der Waals surface area contributed by atoms with Crippen LogP contribution in [0.4, 0.5) is 17.4 Å². The van der Waals surface area contributed by atoms with Crippen molar-refractivity contribution in [1.29, 1.82) is 0 Å². The number of anilines is 1. The van der Waals surface area contributed by atoms with Gasteiger partial charge in [0.05, 0.1) is 6.20 Å². The second-order valence-electron chi connectivity index (χ2n) is 6.33. The van der Waals surface area contributed by atoms with Gasteiger partial charge in [-0.2, -0.15) is 13.4 Å². The molecule has 1 aromatic carbocycles. The van der Waals surface area contributed by atoms with E-state index in [0.717, 1.165) is 36.8 Å². The van der Waals surface area contributed by atoms with Gasteiger partial charge in [0, 0.05) is 18.3 Å². The largest absolute Gasteiger partial charge is 0.475 e. The zero-order valence-corrected chi connectivity index (χ0v) is 15.5. The van der Waals surface area contributed by atoms with Crippen molar-refractivity contribution in [3.8, 4) is 0 Å². The zero-order valence-electron chi connectivity index (χ0n) is 14.7. The van der Waals surface area contributed by atoms with Gasteiger partial charge < -0.3 is 14.4 Å². The number of aromatic nitrogens is 1. The van der Waals surface area contributed by atoms with Crippen LogP contribution in [0.15, 0.2) is 37.9 Å². The van der Waals surface area contributed by atoms with E-state index in [0.29, 0.717) is 0 Å². The summed E-state index contributed by atoms with van der Waals surface area (Å²) >= 11 is 0. The summed E-state index contributed by atoms with van der Waals surface area (Å²) in [6, 6.07) is 2.76. The molecule has 0 fully saturated rings. The number of carboxylic acid groups (broad SMARTS) is 1. The highest BCUT2D eigenvalue weighted by Gasteiger charge is 2.25. The molecule has 0 aliphatic carbocycles. The number of azo groups is 1. The molecular formula is C16H18N4O6S. The minimum atomic E-state index is -4.55. The number of oxazole rings is 1. The van der Waals surface area contributed by atoms with Crippen LogP contribution in [0.3, 0.4) is 0 Å². The van der Waals surface area contributed by atoms with E-state index in [4.69, 9.17) is 9.52 Å². The molecular weight excluding hydrogens is 376 g/mol. The van der Waals surface area contributed by atoms with Gasteiger partial charge in [-0.15, -0.1) is 5.11 Å². The molecule has 0 amide bonds. The van der Waals surface area contributed by atoms with Crippen LogP contribution >= 0.6 is 0 Å². The van der Waals surface area contributed by atoms with Gasteiger partial charge in [-0.3, -0.25) is 4.55 Å². The molecule has 27 heavy (non-hydrogen) atoms. The molecule has 1 aliphatic heterocycles. The molecule has 2 aromatic rings. The summed E-state index contributed by atoms with van der Waals surface area (Å²) in [5.74, 6) is -1.73. The maximum atomic E-state index is 11.8. The van der Waals surface area contributed by atoms with Gasteiger partial charge in [0.25, 0.3) is 10.1 Å². The van der Waals surface area contributed by atoms with Crippen LogP contribution in [-0.2, 0) is 16.5 Å². The lowest BCUT2D eigenvalue weighted by Crippen LogP contribution is -2.35. The number of aromatic carboxylic acids is 1. The van der Waals surface area contributed by atoms with Crippen LogP contribution in [0, 0.1) is 0 Å². The molecule has 144 valence electrons. The quantitative estimate of drug-likeness (QED) is 0.581. The van der Waals surface area contributed by atoms with E-state index in [2.05, 4.69) is 20.1 Å². The van der Waals surface area contributed by atoms with E-state index < -0.39 is 21.8 Å². The monoisotopic (exact) mass is 394 g/mol. The maximum absolute atomic E-state index is 11.8. The number of carboxylic acids is 1. The minimum Gasteiger partial charge on any atom is -0.475 e. The number of hydrogen-bond donors (Lipinski definition) is 2. The van der Waals surface area contributed by atoms with Crippen molar-refractivity contribution in [2.24, 2.45) is 10.2 Å². The molecule has 1 aliphatic rings. The Bertz CT molecular complexity index is 1010. The van der Waals surface area contributed by atoms with Crippen LogP contribution in [0.5, 0.6) is 0 Å². The van der Waals surface area contributed by atoms with Crippen LogP contribution < -0.4 is 4.90 Å². The Morgan fingerprint density at radius 3 is 2.67 bits per heavy atom. The van der Waals surface area contributed by atoms with Crippen molar-refractivity contribution in [3.63, 3.8) is 0 Å². The third-order valence-electron chi connectivity index (χ3n) is 4.16. The van der Waals surface area contributed by atoms with Gasteiger partial charge in [0.15, 0.2) is 0 Å². The average molecular weight is 394 g/mol. The smallest absolute Gasteiger partial charge is 0.373 e. The Morgan fingerprint density at radius 2 is 2.07 bits per heavy atom. The molecule has 3 rings (SSSR count). The number of carbonyl (C=O) groups is 1. The van der Waals surface area contributed by atoms with E-state index in [1.807, 2.05) is 13.8 Å². The normalized spacial score (nSPS) is 14.7. The third-order valence-corrected chi connectivity index (χ3v) is 5.05. The molecule has 0 spiro atoms. The lowest BCUT2D eigenvalue weighted by molar-refractivity contribution is 0.0663. The molecule has 1 aromatic heterocycles. The Hall–Kier alpha value is -2.79. The fourth-order valence-electron chi connectivity index (χ4n) is 2.96. The summed E-state index contributed by atoms with van der Waals surface area (Å²) in [4.78, 5) is 16.1. The molecule has 0 saturated heterocycles. The third kappa shape index (κ3) is 3.98. The second-order valence-corrected chi connectivity index (χ2v) is 7.72. The molecule has 2 N–H and O–H groups in total. The number of benzene rings is 1. The van der Waals surface area contributed by atoms with Crippen molar-refractivity contribution >= 4 is 33.5 Å². The molecule has 0 radical (unpaired) electrons. The molecule has 0 bridgehead atoms. The predicted molar refractivity (Wildman–Crippen MR) is 94.7 cm³/mol. The number of rotatable bonds is 5. The van der Waals surface area contributed by atoms with Crippen LogP contribution in [0.25, 0.3) is 0 Å². The first-order valence-electron chi connectivity index (χ1n) is 8.18. The average Bonchev–Trinajstić information content (AvgIpc) is 3.07. The first-order chi connectivity index (χ1) is 12.7. The number of hydrogen-bond acceptors (Lipinski definition) is 8. The van der Waals surface area contributed by atoms with Crippen LogP contribution in [-0.4, -0.2) is 41.6 Å². The van der Waals surface area contributed by atoms with E-state index in [-0.39, 0.29) is 22.6 Å². The van der Waals surface area contributed by atoms with Gasteiger partial charge in [-0.05, 0) is 44.4 Å². The molecule has 2 heterocycles. The van der Waals surface area contributed by atoms with Crippen LogP contribution in [0.1, 0.15) is 36.4 Å². The minimum absolute atomic E-state index is 0.0723. The highest BCUT2D eigenvalue weighted by molar-refractivity contribution is 7.86. The van der Waals surface area contributed by atoms with Gasteiger partial charge in [-0.1, -0.05) is 5.11 Å². The number of nitrogens with zero attached hydrogens (tertiary/aromatic N) is 4. The number of aryl methyl sites for hydroxylation is 1. The number of fused-ring (bicyclic) bond motifs is 1. The van der Waals surface area contributed by atoms with Crippen molar-refractivity contribution < 1.29 is 27.3 Å². The molecule has 10 nitrogen and oxygen atoms in total. The Balaban J connectivity index is 2.06. The highest BCUT2D eigenvalue weighted by atomic mass is 32.2. The second kappa shape index (κ2) is 7.08. The van der Waals surface area contributed by atoms with Crippen LogP contribution in [0.2, 0.25) is 0 Å². The zero-order chi connectivity index (χ0) is 19.8. The van der Waals surface area contributed by atoms with Crippen molar-refractivity contribution in [3.05, 3.63) is 29.7 Å². The Morgan fingerprint density at radius 1 is 1.33 bits per heavy atom. The summed E-state index contributed by atoms with van der Waals surface area (Å²) in [7, 11) is -4.55. The van der Waals surface area contributed by atoms with E-state index in [1.165, 1.54) is 6.07 Å². The fraction of sp³-hybridized carbons (Fsp3) is 0.375. The van der Waals surface area contributed by atoms with Gasteiger partial charge in [0.2, 0.25) is 5.76 Å². The molecule has 0 unspecified atom stereocenters. The van der Waals surface area contributed by atoms with E-state index in [9.17, 15) is 17.8 Å². The first kappa shape index (κ1) is 19.0. The summed E-state index contributed by atoms with van der Waals surface area (Å²) in [5, 5.41) is 16.3. The lowest BCUT2D eigenvalue weighted by Gasteiger charge is -2.35. The highest BCUT2D eigenvalue weighted by Crippen LogP contribution is 2.37. The topological polar surface area (TPSA) is 146 Å². The maximum Gasteiger partial charge on any atom is 0.373 e. The van der Waals surface area contributed by atoms with E-state index >= 15 is 0 Å². The summed E-state index contributed by atoms with van der Waals surface area (Å²) in [6.45, 7) is 4.78.